The molecule has 1 aromatic heterocycles. The minimum atomic E-state index is -0.526. The van der Waals surface area contributed by atoms with Crippen molar-refractivity contribution in [2.24, 2.45) is 0 Å². The summed E-state index contributed by atoms with van der Waals surface area (Å²) in [5.74, 6) is 2.25. The summed E-state index contributed by atoms with van der Waals surface area (Å²) in [5, 5.41) is 0. The van der Waals surface area contributed by atoms with Gasteiger partial charge in [-0.1, -0.05) is 36.3 Å². The molecule has 0 fully saturated rings. The van der Waals surface area contributed by atoms with E-state index in [1.54, 1.807) is 0 Å². The summed E-state index contributed by atoms with van der Waals surface area (Å²) in [5.41, 5.74) is 0.129. The van der Waals surface area contributed by atoms with E-state index in [9.17, 15) is 9.59 Å². The maximum atomic E-state index is 11.6. The van der Waals surface area contributed by atoms with Crippen molar-refractivity contribution in [1.82, 2.24) is 9.55 Å². The monoisotopic (exact) mass is 226 g/mol. The van der Waals surface area contributed by atoms with Gasteiger partial charge in [-0.05, 0) is 5.56 Å². The molecule has 2 rings (SSSR count). The Morgan fingerprint density at radius 1 is 1.24 bits per heavy atom. The summed E-state index contributed by atoms with van der Waals surface area (Å²) in [4.78, 5) is 25.0. The molecule has 84 valence electrons. The van der Waals surface area contributed by atoms with Crippen LogP contribution < -0.4 is 11.2 Å². The van der Waals surface area contributed by atoms with Gasteiger partial charge in [0.05, 0.1) is 6.54 Å². The fourth-order valence-electron chi connectivity index (χ4n) is 1.51. The first-order valence-electron chi connectivity index (χ1n) is 5.05. The van der Waals surface area contributed by atoms with Crippen LogP contribution in [0.1, 0.15) is 11.1 Å². The molecule has 4 nitrogen and oxygen atoms in total. The van der Waals surface area contributed by atoms with Crippen molar-refractivity contribution in [3.05, 3.63) is 68.5 Å². The van der Waals surface area contributed by atoms with Crippen LogP contribution in [0.3, 0.4) is 0 Å². The zero-order valence-electron chi connectivity index (χ0n) is 9.01. The van der Waals surface area contributed by atoms with Gasteiger partial charge in [0.1, 0.15) is 5.56 Å². The summed E-state index contributed by atoms with van der Waals surface area (Å²) < 4.78 is 1.38. The predicted molar refractivity (Wildman–Crippen MR) is 64.8 cm³/mol. The van der Waals surface area contributed by atoms with Gasteiger partial charge in [-0.25, -0.2) is 4.79 Å². The lowest BCUT2D eigenvalue weighted by Gasteiger charge is -2.05. The Kier molecular flexibility index (Phi) is 2.93. The summed E-state index contributed by atoms with van der Waals surface area (Å²) in [6, 6.07) is 9.45. The number of hydrogen-bond acceptors (Lipinski definition) is 2. The maximum Gasteiger partial charge on any atom is 0.328 e. The van der Waals surface area contributed by atoms with Gasteiger partial charge < -0.3 is 0 Å². The van der Waals surface area contributed by atoms with Crippen LogP contribution >= 0.6 is 0 Å². The highest BCUT2D eigenvalue weighted by molar-refractivity contribution is 5.26. The fraction of sp³-hybridized carbons (Fsp3) is 0.0769. The Balaban J connectivity index is 2.44. The third kappa shape index (κ3) is 2.34. The number of benzene rings is 1. The van der Waals surface area contributed by atoms with Crippen LogP contribution in [-0.2, 0) is 6.54 Å². The average molecular weight is 226 g/mol. The van der Waals surface area contributed by atoms with Crippen molar-refractivity contribution in [1.29, 1.82) is 0 Å². The van der Waals surface area contributed by atoms with Crippen LogP contribution in [-0.4, -0.2) is 9.55 Å². The zero-order chi connectivity index (χ0) is 12.3. The first-order valence-corrected chi connectivity index (χ1v) is 5.05. The number of nitrogens with zero attached hydrogens (tertiary/aromatic N) is 1. The lowest BCUT2D eigenvalue weighted by molar-refractivity contribution is 0.718. The normalized spacial score (nSPS) is 9.82. The molecule has 0 unspecified atom stereocenters. The van der Waals surface area contributed by atoms with Crippen LogP contribution in [0.15, 0.2) is 46.1 Å². The lowest BCUT2D eigenvalue weighted by Crippen LogP contribution is -2.31. The summed E-state index contributed by atoms with van der Waals surface area (Å²) in [7, 11) is 0. The highest BCUT2D eigenvalue weighted by Crippen LogP contribution is 2.00. The molecule has 1 aromatic carbocycles. The van der Waals surface area contributed by atoms with Crippen molar-refractivity contribution in [3.8, 4) is 12.3 Å². The second-order valence-corrected chi connectivity index (χ2v) is 3.56. The van der Waals surface area contributed by atoms with Crippen molar-refractivity contribution in [2.45, 2.75) is 6.54 Å². The molecule has 0 aliphatic heterocycles. The number of rotatable bonds is 2. The van der Waals surface area contributed by atoms with E-state index in [2.05, 4.69) is 10.9 Å². The van der Waals surface area contributed by atoms with Crippen molar-refractivity contribution >= 4 is 0 Å². The Hall–Kier alpha value is -2.54. The summed E-state index contributed by atoms with van der Waals surface area (Å²) >= 11 is 0. The van der Waals surface area contributed by atoms with Crippen LogP contribution in [0.5, 0.6) is 0 Å². The second-order valence-electron chi connectivity index (χ2n) is 3.56. The number of aromatic amines is 1. The smallest absolute Gasteiger partial charge is 0.295 e. The quantitative estimate of drug-likeness (QED) is 0.761. The van der Waals surface area contributed by atoms with E-state index < -0.39 is 11.2 Å². The largest absolute Gasteiger partial charge is 0.328 e. The molecule has 0 bridgehead atoms. The Bertz CT molecular complexity index is 675. The molecular formula is C13H10N2O2. The zero-order valence-corrected chi connectivity index (χ0v) is 9.01. The van der Waals surface area contributed by atoms with Crippen LogP contribution in [0.2, 0.25) is 0 Å². The predicted octanol–water partition coefficient (Wildman–Crippen LogP) is 0.566. The van der Waals surface area contributed by atoms with Crippen molar-refractivity contribution in [2.75, 3.05) is 0 Å². The molecule has 0 aliphatic carbocycles. The van der Waals surface area contributed by atoms with E-state index in [1.165, 1.54) is 10.8 Å². The highest BCUT2D eigenvalue weighted by Gasteiger charge is 2.02. The van der Waals surface area contributed by atoms with Gasteiger partial charge in [0.25, 0.3) is 5.56 Å². The first-order chi connectivity index (χ1) is 8.20. The van der Waals surface area contributed by atoms with E-state index in [-0.39, 0.29) is 5.56 Å². The van der Waals surface area contributed by atoms with Crippen LogP contribution in [0, 0.1) is 12.3 Å². The number of aromatic nitrogens is 2. The standard InChI is InChI=1S/C13H10N2O2/c1-2-11-9-15(13(17)14-12(11)16)8-10-6-4-3-5-7-10/h1,3-7,9H,8H2,(H,14,16,17). The Morgan fingerprint density at radius 2 is 1.94 bits per heavy atom. The van der Waals surface area contributed by atoms with Gasteiger partial charge in [-0.15, -0.1) is 6.42 Å². The van der Waals surface area contributed by atoms with Gasteiger partial charge in [-0.2, -0.15) is 0 Å². The van der Waals surface area contributed by atoms with E-state index in [1.807, 2.05) is 30.3 Å². The molecule has 17 heavy (non-hydrogen) atoms. The molecule has 2 aromatic rings. The van der Waals surface area contributed by atoms with E-state index in [0.29, 0.717) is 6.54 Å². The van der Waals surface area contributed by atoms with Gasteiger partial charge in [0.2, 0.25) is 0 Å². The maximum absolute atomic E-state index is 11.6. The SMILES string of the molecule is C#Cc1cn(Cc2ccccc2)c(=O)[nH]c1=O. The molecule has 1 N–H and O–H groups in total. The molecule has 0 saturated carbocycles. The van der Waals surface area contributed by atoms with Crippen molar-refractivity contribution < 1.29 is 0 Å². The number of H-pyrrole nitrogens is 1. The second kappa shape index (κ2) is 4.54. The van der Waals surface area contributed by atoms with Gasteiger partial charge in [0, 0.05) is 6.20 Å². The molecule has 4 heteroatoms. The van der Waals surface area contributed by atoms with Crippen molar-refractivity contribution in [3.63, 3.8) is 0 Å². The third-order valence-corrected chi connectivity index (χ3v) is 2.36. The number of terminal acetylenes is 1. The highest BCUT2D eigenvalue weighted by atomic mass is 16.2. The van der Waals surface area contributed by atoms with Crippen LogP contribution in [0.4, 0.5) is 0 Å². The van der Waals surface area contributed by atoms with E-state index >= 15 is 0 Å². The Labute approximate surface area is 97.6 Å². The fourth-order valence-corrected chi connectivity index (χ4v) is 1.51. The summed E-state index contributed by atoms with van der Waals surface area (Å²) in [6.45, 7) is 0.380. The van der Waals surface area contributed by atoms with Gasteiger partial charge in [-0.3, -0.25) is 14.3 Å². The third-order valence-electron chi connectivity index (χ3n) is 2.36. The molecule has 0 amide bonds. The Morgan fingerprint density at radius 3 is 2.59 bits per heavy atom. The minimum Gasteiger partial charge on any atom is -0.295 e. The topological polar surface area (TPSA) is 54.9 Å². The molecule has 0 aliphatic rings. The summed E-state index contributed by atoms with van der Waals surface area (Å²) in [6.07, 6.45) is 6.57. The molecule has 0 atom stereocenters. The number of hydrogen-bond donors (Lipinski definition) is 1. The van der Waals surface area contributed by atoms with E-state index in [0.717, 1.165) is 5.56 Å². The molecule has 0 spiro atoms. The average Bonchev–Trinajstić information content (AvgIpc) is 2.34. The molecule has 1 heterocycles. The molecule has 0 radical (unpaired) electrons. The molecular weight excluding hydrogens is 216 g/mol. The minimum absolute atomic E-state index is 0.153. The van der Waals surface area contributed by atoms with Gasteiger partial charge in [0.15, 0.2) is 0 Å². The molecule has 0 saturated heterocycles. The van der Waals surface area contributed by atoms with Gasteiger partial charge >= 0.3 is 5.69 Å². The first kappa shape index (κ1) is 11.0. The van der Waals surface area contributed by atoms with Crippen LogP contribution in [0.25, 0.3) is 0 Å². The lowest BCUT2D eigenvalue weighted by atomic mass is 10.2. The number of nitrogens with one attached hydrogen (secondary N) is 1. The van der Waals surface area contributed by atoms with E-state index in [4.69, 9.17) is 6.42 Å².